The van der Waals surface area contributed by atoms with E-state index in [1.165, 1.54) is 22.3 Å². The third kappa shape index (κ3) is 6.99. The van der Waals surface area contributed by atoms with Crippen molar-refractivity contribution in [1.82, 2.24) is 10.2 Å². The predicted molar refractivity (Wildman–Crippen MR) is 139 cm³/mol. The quantitative estimate of drug-likeness (QED) is 0.520. The van der Waals surface area contributed by atoms with E-state index in [1.54, 1.807) is 0 Å². The maximum absolute atomic E-state index is 13.4. The maximum atomic E-state index is 13.4. The van der Waals surface area contributed by atoms with E-state index in [4.69, 9.17) is 9.47 Å². The summed E-state index contributed by atoms with van der Waals surface area (Å²) in [4.78, 5) is 28.4. The third-order valence-electron chi connectivity index (χ3n) is 7.31. The number of ether oxygens (including phenoxy) is 2. The Morgan fingerprint density at radius 1 is 1.11 bits per heavy atom. The second kappa shape index (κ2) is 10.9. The fourth-order valence-corrected chi connectivity index (χ4v) is 5.50. The van der Waals surface area contributed by atoms with Crippen LogP contribution in [0.3, 0.4) is 0 Å². The normalized spacial score (nSPS) is 23.5. The van der Waals surface area contributed by atoms with Gasteiger partial charge in [-0.1, -0.05) is 39.8 Å². The van der Waals surface area contributed by atoms with E-state index in [0.717, 1.165) is 32.4 Å². The van der Waals surface area contributed by atoms with E-state index in [1.807, 2.05) is 34.6 Å². The van der Waals surface area contributed by atoms with Crippen LogP contribution >= 0.6 is 0 Å². The highest BCUT2D eigenvalue weighted by Crippen LogP contribution is 2.42. The first kappa shape index (κ1) is 27.5. The predicted octanol–water partition coefficient (Wildman–Crippen LogP) is 5.73. The summed E-state index contributed by atoms with van der Waals surface area (Å²) in [5.74, 6) is 0.312. The van der Waals surface area contributed by atoms with E-state index in [2.05, 4.69) is 50.0 Å². The average molecular weight is 487 g/mol. The molecule has 1 fully saturated rings. The van der Waals surface area contributed by atoms with Crippen molar-refractivity contribution >= 4 is 12.1 Å². The minimum Gasteiger partial charge on any atom is -0.460 e. The Bertz CT molecular complexity index is 918. The Morgan fingerprint density at radius 3 is 2.37 bits per heavy atom. The van der Waals surface area contributed by atoms with Gasteiger partial charge in [0.25, 0.3) is 0 Å². The van der Waals surface area contributed by atoms with Gasteiger partial charge in [-0.25, -0.2) is 9.59 Å². The molecule has 6 nitrogen and oxygen atoms in total. The van der Waals surface area contributed by atoms with E-state index in [0.29, 0.717) is 5.92 Å². The van der Waals surface area contributed by atoms with E-state index < -0.39 is 17.7 Å². The molecule has 1 amide bonds. The largest absolute Gasteiger partial charge is 0.460 e. The molecule has 2 aliphatic heterocycles. The molecule has 2 aliphatic rings. The van der Waals surface area contributed by atoms with Crippen LogP contribution in [0.2, 0.25) is 0 Å². The highest BCUT2D eigenvalue weighted by molar-refractivity contribution is 5.81. The van der Waals surface area contributed by atoms with E-state index in [-0.39, 0.29) is 30.0 Å². The van der Waals surface area contributed by atoms with Crippen LogP contribution < -0.4 is 5.32 Å². The standard InChI is InChI=1S/C29H46N2O4/c1-17(2)12-22-16-31-11-10-21-13-19(5)20(6)14-23(21)24(31)15-25(22)34-27(32)26(18(3)4)30-28(33)35-29(7,8)9/h13-14,17-18,22,24-26H,10-12,15-16H2,1-9H3,(H,30,33)/t22-,24-,25-,26+/m1/s1. The van der Waals surface area contributed by atoms with Crippen molar-refractivity contribution in [3.8, 4) is 0 Å². The average Bonchev–Trinajstić information content (AvgIpc) is 2.71. The number of hydrogen-bond acceptors (Lipinski definition) is 5. The number of alkyl carbamates (subject to hydrolysis) is 1. The number of carbonyl (C=O) groups is 2. The van der Waals surface area contributed by atoms with Crippen LogP contribution in [0.15, 0.2) is 12.1 Å². The van der Waals surface area contributed by atoms with E-state index in [9.17, 15) is 9.59 Å². The van der Waals surface area contributed by atoms with Crippen molar-refractivity contribution in [3.63, 3.8) is 0 Å². The number of nitrogens with zero attached hydrogens (tertiary/aromatic N) is 1. The summed E-state index contributed by atoms with van der Waals surface area (Å²) >= 11 is 0. The molecule has 1 aromatic carbocycles. The Balaban J connectivity index is 1.81. The van der Waals surface area contributed by atoms with Gasteiger partial charge >= 0.3 is 12.1 Å². The van der Waals surface area contributed by atoms with Crippen molar-refractivity contribution < 1.29 is 19.1 Å². The molecule has 1 N–H and O–H groups in total. The van der Waals surface area contributed by atoms with Gasteiger partial charge in [-0.15, -0.1) is 0 Å². The number of nitrogens with one attached hydrogen (secondary N) is 1. The smallest absolute Gasteiger partial charge is 0.408 e. The summed E-state index contributed by atoms with van der Waals surface area (Å²) in [6.07, 6.45) is 2.10. The number of esters is 1. The van der Waals surface area contributed by atoms with E-state index >= 15 is 0 Å². The van der Waals surface area contributed by atoms with Gasteiger partial charge in [0.1, 0.15) is 17.7 Å². The third-order valence-corrected chi connectivity index (χ3v) is 7.31. The maximum Gasteiger partial charge on any atom is 0.408 e. The molecule has 0 aliphatic carbocycles. The van der Waals surface area contributed by atoms with Gasteiger partial charge in [0, 0.05) is 31.5 Å². The van der Waals surface area contributed by atoms with Crippen molar-refractivity contribution in [2.24, 2.45) is 17.8 Å². The molecule has 0 unspecified atom stereocenters. The summed E-state index contributed by atoms with van der Waals surface area (Å²) in [6.45, 7) is 20.0. The summed E-state index contributed by atoms with van der Waals surface area (Å²) < 4.78 is 11.6. The first-order valence-corrected chi connectivity index (χ1v) is 13.3. The molecule has 0 aromatic heterocycles. The van der Waals surface area contributed by atoms with Gasteiger partial charge in [-0.3, -0.25) is 4.90 Å². The molecule has 35 heavy (non-hydrogen) atoms. The molecule has 0 saturated carbocycles. The Morgan fingerprint density at radius 2 is 1.77 bits per heavy atom. The number of benzene rings is 1. The zero-order chi connectivity index (χ0) is 26.1. The summed E-state index contributed by atoms with van der Waals surface area (Å²) in [7, 11) is 0. The van der Waals surface area contributed by atoms with Gasteiger partial charge in [0.05, 0.1) is 0 Å². The molecule has 2 heterocycles. The van der Waals surface area contributed by atoms with Gasteiger partial charge < -0.3 is 14.8 Å². The topological polar surface area (TPSA) is 67.9 Å². The number of aryl methyl sites for hydroxylation is 2. The number of amides is 1. The summed E-state index contributed by atoms with van der Waals surface area (Å²) in [5.41, 5.74) is 4.82. The second-order valence-electron chi connectivity index (χ2n) is 12.4. The molecule has 196 valence electrons. The number of fused-ring (bicyclic) bond motifs is 3. The van der Waals surface area contributed by atoms with Crippen LogP contribution in [-0.2, 0) is 20.7 Å². The summed E-state index contributed by atoms with van der Waals surface area (Å²) in [5, 5.41) is 2.76. The summed E-state index contributed by atoms with van der Waals surface area (Å²) in [6, 6.07) is 4.19. The minimum absolute atomic E-state index is 0.111. The highest BCUT2D eigenvalue weighted by Gasteiger charge is 2.42. The lowest BCUT2D eigenvalue weighted by Crippen LogP contribution is -2.52. The van der Waals surface area contributed by atoms with Crippen LogP contribution in [-0.4, -0.2) is 47.8 Å². The van der Waals surface area contributed by atoms with Crippen molar-refractivity contribution in [2.75, 3.05) is 13.1 Å². The Labute approximate surface area is 212 Å². The molecule has 6 heteroatoms. The lowest BCUT2D eigenvalue weighted by molar-refractivity contribution is -0.161. The first-order chi connectivity index (χ1) is 16.2. The van der Waals surface area contributed by atoms with Gasteiger partial charge in [0.15, 0.2) is 0 Å². The van der Waals surface area contributed by atoms with Gasteiger partial charge in [-0.2, -0.15) is 0 Å². The number of rotatable bonds is 6. The fraction of sp³-hybridized carbons (Fsp3) is 0.724. The van der Waals surface area contributed by atoms with Crippen molar-refractivity contribution in [1.29, 1.82) is 0 Å². The van der Waals surface area contributed by atoms with Crippen LogP contribution in [0.5, 0.6) is 0 Å². The molecule has 0 radical (unpaired) electrons. The monoisotopic (exact) mass is 486 g/mol. The van der Waals surface area contributed by atoms with Crippen LogP contribution in [0.4, 0.5) is 4.79 Å². The lowest BCUT2D eigenvalue weighted by atomic mass is 9.78. The Kier molecular flexibility index (Phi) is 8.56. The van der Waals surface area contributed by atoms with Crippen molar-refractivity contribution in [3.05, 3.63) is 34.4 Å². The lowest BCUT2D eigenvalue weighted by Gasteiger charge is -2.47. The second-order valence-corrected chi connectivity index (χ2v) is 12.4. The molecule has 0 spiro atoms. The zero-order valence-corrected chi connectivity index (χ0v) is 23.2. The number of hydrogen-bond donors (Lipinski definition) is 1. The van der Waals surface area contributed by atoms with Crippen LogP contribution in [0.1, 0.15) is 89.6 Å². The Hall–Kier alpha value is -2.08. The molecular formula is C29H46N2O4. The van der Waals surface area contributed by atoms with Crippen molar-refractivity contribution in [2.45, 2.75) is 105 Å². The number of carbonyl (C=O) groups excluding carboxylic acids is 2. The molecule has 3 rings (SSSR count). The van der Waals surface area contributed by atoms with Gasteiger partial charge in [-0.05, 0) is 81.5 Å². The molecule has 4 atom stereocenters. The van der Waals surface area contributed by atoms with Crippen LogP contribution in [0, 0.1) is 31.6 Å². The highest BCUT2D eigenvalue weighted by atomic mass is 16.6. The fourth-order valence-electron chi connectivity index (χ4n) is 5.50. The molecule has 1 saturated heterocycles. The molecule has 0 bridgehead atoms. The van der Waals surface area contributed by atoms with Crippen LogP contribution in [0.25, 0.3) is 0 Å². The molecule has 1 aromatic rings. The zero-order valence-electron chi connectivity index (χ0n) is 23.2. The van der Waals surface area contributed by atoms with Gasteiger partial charge in [0.2, 0.25) is 0 Å². The number of piperidine rings is 1. The molecular weight excluding hydrogens is 440 g/mol. The first-order valence-electron chi connectivity index (χ1n) is 13.3. The minimum atomic E-state index is -0.744. The SMILES string of the molecule is Cc1cc2c(cc1C)[C@H]1C[C@@H](OC(=O)[C@@H](NC(=O)OC(C)(C)C)C(C)C)[C@H](CC(C)C)CN1CC2.